The number of H-pyrrole nitrogens is 1. The van der Waals surface area contributed by atoms with Crippen LogP contribution in [0.4, 0.5) is 22.4 Å². The van der Waals surface area contributed by atoms with Crippen molar-refractivity contribution >= 4 is 34.1 Å². The molecule has 51 heavy (non-hydrogen) atoms. The van der Waals surface area contributed by atoms with E-state index in [1.54, 1.807) is 21.6 Å². The van der Waals surface area contributed by atoms with Crippen molar-refractivity contribution in [3.8, 4) is 11.6 Å². The van der Waals surface area contributed by atoms with Gasteiger partial charge in [-0.25, -0.2) is 36.9 Å². The first kappa shape index (κ1) is 34.5. The zero-order chi connectivity index (χ0) is 36.0. The number of imidazole rings is 2. The number of nitrogens with zero attached hydrogens (tertiary/aromatic N) is 5. The largest absolute Gasteiger partial charge is 0.445 e. The predicted octanol–water partition coefficient (Wildman–Crippen LogP) is 6.73. The van der Waals surface area contributed by atoms with E-state index in [2.05, 4.69) is 4.98 Å². The average Bonchev–Trinajstić information content (AvgIpc) is 3.86. The molecule has 9 nitrogen and oxygen atoms in total. The molecule has 2 amide bonds. The number of fused-ring (bicyclic) bond motifs is 2. The van der Waals surface area contributed by atoms with Crippen LogP contribution in [0.2, 0.25) is 0 Å². The van der Waals surface area contributed by atoms with E-state index >= 15 is 8.78 Å². The maximum atomic E-state index is 15.0. The number of likely N-dealkylation sites (tertiary alicyclic amines) is 2. The highest BCUT2D eigenvalue weighted by atomic mass is 19.1. The Morgan fingerprint density at radius 3 is 2.35 bits per heavy atom. The van der Waals surface area contributed by atoms with Gasteiger partial charge in [0.2, 0.25) is 11.7 Å². The van der Waals surface area contributed by atoms with Gasteiger partial charge >= 0.3 is 11.9 Å². The van der Waals surface area contributed by atoms with Crippen LogP contribution in [-0.2, 0) is 29.2 Å². The fourth-order valence-corrected chi connectivity index (χ4v) is 7.32. The number of rotatable bonds is 9. The molecule has 2 saturated heterocycles. The zero-order valence-electron chi connectivity index (χ0n) is 28.7. The molecular formula is C38H41F4N6O3+. The van der Waals surface area contributed by atoms with Crippen molar-refractivity contribution in [1.29, 1.82) is 0 Å². The lowest BCUT2D eigenvalue weighted by Gasteiger charge is -2.28. The summed E-state index contributed by atoms with van der Waals surface area (Å²) >= 11 is 0. The van der Waals surface area contributed by atoms with E-state index in [4.69, 9.17) is 9.72 Å². The standard InChI is InChI=1S/C38H40F4N6O3/c1-22(2)23(3)37(49)45-17-27(41)13-29(45)19-47-33-11-9-25(39)15-31(33)43-35(47)36-44-32-16-26(40)10-12-34(32)48(36)20-30-14-28(42)18-46(30)38(50)51-21-24-7-5-4-6-8-24/h4-12,15-16,22-23,27-30H,13-14,17-21H2,1-3H3/p+1/t23-,27-,28-,29-,30-/m0/s1. The second-order valence-electron chi connectivity index (χ2n) is 14.1. The Balaban J connectivity index is 1.28. The minimum Gasteiger partial charge on any atom is -0.445 e. The SMILES string of the molecule is CC(C)[C@H](C)C(=O)N1C[C@@H](F)C[C@H]1C[n+]1c(-c2nc3cc(F)ccc3n2C[C@@H]2C[C@H](F)CN2C(=O)OCc2ccccc2)[nH]c2cc(F)ccc21. The Labute approximate surface area is 292 Å². The number of benzene rings is 3. The molecule has 0 aliphatic carbocycles. The summed E-state index contributed by atoms with van der Waals surface area (Å²) in [7, 11) is 0. The molecular weight excluding hydrogens is 664 g/mol. The Kier molecular flexibility index (Phi) is 9.47. The van der Waals surface area contributed by atoms with Gasteiger partial charge in [0, 0.05) is 37.4 Å². The summed E-state index contributed by atoms with van der Waals surface area (Å²) in [6.45, 7) is 5.87. The molecule has 5 atom stereocenters. The van der Waals surface area contributed by atoms with Crippen molar-refractivity contribution in [3.63, 3.8) is 0 Å². The van der Waals surface area contributed by atoms with Gasteiger partial charge in [-0.1, -0.05) is 51.1 Å². The Morgan fingerprint density at radius 1 is 0.922 bits per heavy atom. The predicted molar refractivity (Wildman–Crippen MR) is 183 cm³/mol. The van der Waals surface area contributed by atoms with E-state index < -0.39 is 42.2 Å². The monoisotopic (exact) mass is 705 g/mol. The first-order valence-corrected chi connectivity index (χ1v) is 17.4. The van der Waals surface area contributed by atoms with Crippen LogP contribution in [0.3, 0.4) is 0 Å². The number of hydrogen-bond acceptors (Lipinski definition) is 4. The first-order valence-electron chi connectivity index (χ1n) is 17.4. The van der Waals surface area contributed by atoms with Gasteiger partial charge in [0.1, 0.15) is 37.1 Å². The van der Waals surface area contributed by atoms with Crippen LogP contribution in [0.25, 0.3) is 33.7 Å². The third-order valence-corrected chi connectivity index (χ3v) is 10.3. The molecule has 0 unspecified atom stereocenters. The average molecular weight is 706 g/mol. The van der Waals surface area contributed by atoms with Crippen molar-refractivity contribution in [2.45, 2.75) is 77.7 Å². The molecule has 4 heterocycles. The van der Waals surface area contributed by atoms with E-state index in [9.17, 15) is 18.4 Å². The fraction of sp³-hybridized carbons (Fsp3) is 0.421. The number of ether oxygens (including phenoxy) is 1. The molecule has 0 bridgehead atoms. The fourth-order valence-electron chi connectivity index (χ4n) is 7.32. The minimum absolute atomic E-state index is 0.0203. The van der Waals surface area contributed by atoms with E-state index in [0.29, 0.717) is 33.7 Å². The maximum Gasteiger partial charge on any atom is 0.410 e. The second-order valence-corrected chi connectivity index (χ2v) is 14.1. The van der Waals surface area contributed by atoms with Crippen LogP contribution in [0.15, 0.2) is 66.7 Å². The number of aromatic nitrogens is 4. The first-order chi connectivity index (χ1) is 24.5. The molecule has 268 valence electrons. The van der Waals surface area contributed by atoms with E-state index in [1.807, 2.05) is 55.7 Å². The van der Waals surface area contributed by atoms with Crippen LogP contribution in [0, 0.1) is 23.5 Å². The molecule has 3 aromatic carbocycles. The van der Waals surface area contributed by atoms with Gasteiger partial charge in [0.15, 0.2) is 11.0 Å². The number of amides is 2. The molecule has 1 N–H and O–H groups in total. The van der Waals surface area contributed by atoms with Crippen molar-refractivity contribution in [3.05, 3.63) is 83.9 Å². The summed E-state index contributed by atoms with van der Waals surface area (Å²) < 4.78 is 68.5. The van der Waals surface area contributed by atoms with Crippen LogP contribution >= 0.6 is 0 Å². The van der Waals surface area contributed by atoms with Crippen LogP contribution in [-0.4, -0.2) is 73.9 Å². The molecule has 2 fully saturated rings. The molecule has 2 aromatic heterocycles. The van der Waals surface area contributed by atoms with Crippen molar-refractivity contribution in [1.82, 2.24) is 24.3 Å². The quantitative estimate of drug-likeness (QED) is 0.136. The molecule has 7 rings (SSSR count). The highest BCUT2D eigenvalue weighted by Crippen LogP contribution is 2.31. The molecule has 5 aromatic rings. The summed E-state index contributed by atoms with van der Waals surface area (Å²) in [5.74, 6) is -0.628. The number of halogens is 4. The van der Waals surface area contributed by atoms with Crippen molar-refractivity contribution in [2.75, 3.05) is 13.1 Å². The van der Waals surface area contributed by atoms with Crippen molar-refractivity contribution in [2.24, 2.45) is 11.8 Å². The van der Waals surface area contributed by atoms with E-state index in [0.717, 1.165) is 5.56 Å². The maximum absolute atomic E-state index is 15.0. The van der Waals surface area contributed by atoms with Gasteiger partial charge in [-0.3, -0.25) is 4.79 Å². The number of carbonyl (C=O) groups is 2. The molecule has 13 heteroatoms. The summed E-state index contributed by atoms with van der Waals surface area (Å²) in [5.41, 5.74) is 2.69. The number of nitrogens with one attached hydrogen (secondary N) is 1. The minimum atomic E-state index is -1.29. The lowest BCUT2D eigenvalue weighted by Crippen LogP contribution is -2.49. The summed E-state index contributed by atoms with van der Waals surface area (Å²) in [5, 5.41) is 0. The lowest BCUT2D eigenvalue weighted by molar-refractivity contribution is -0.664. The van der Waals surface area contributed by atoms with Crippen LogP contribution in [0.5, 0.6) is 0 Å². The van der Waals surface area contributed by atoms with Crippen LogP contribution in [0.1, 0.15) is 39.2 Å². The molecule has 0 spiro atoms. The second kappa shape index (κ2) is 14.0. The van der Waals surface area contributed by atoms with Gasteiger partial charge in [0.05, 0.1) is 36.2 Å². The summed E-state index contributed by atoms with van der Waals surface area (Å²) in [6.07, 6.45) is -2.98. The van der Waals surface area contributed by atoms with Gasteiger partial charge in [-0.05, 0) is 35.7 Å². The van der Waals surface area contributed by atoms with Crippen LogP contribution < -0.4 is 4.57 Å². The Morgan fingerprint density at radius 2 is 1.61 bits per heavy atom. The summed E-state index contributed by atoms with van der Waals surface area (Å²) in [6, 6.07) is 16.5. The normalized spacial score (nSPS) is 21.3. The molecule has 0 radical (unpaired) electrons. The number of aromatic amines is 1. The highest BCUT2D eigenvalue weighted by molar-refractivity contribution is 5.81. The number of carbonyl (C=O) groups excluding carboxylic acids is 2. The van der Waals surface area contributed by atoms with E-state index in [1.165, 1.54) is 29.2 Å². The van der Waals surface area contributed by atoms with Gasteiger partial charge in [0.25, 0.3) is 0 Å². The molecule has 0 saturated carbocycles. The van der Waals surface area contributed by atoms with Gasteiger partial charge < -0.3 is 19.1 Å². The Hall–Kier alpha value is -4.94. The molecule has 2 aliphatic heterocycles. The Bertz CT molecular complexity index is 2070. The number of hydrogen-bond donors (Lipinski definition) is 1. The third-order valence-electron chi connectivity index (χ3n) is 10.3. The van der Waals surface area contributed by atoms with E-state index in [-0.39, 0.29) is 63.4 Å². The lowest BCUT2D eigenvalue weighted by atomic mass is 9.96. The third kappa shape index (κ3) is 6.90. The molecule has 2 aliphatic rings. The number of alkyl halides is 2. The smallest absolute Gasteiger partial charge is 0.410 e. The highest BCUT2D eigenvalue weighted by Gasteiger charge is 2.41. The zero-order valence-corrected chi connectivity index (χ0v) is 28.7. The topological polar surface area (TPSA) is 87.3 Å². The van der Waals surface area contributed by atoms with Crippen molar-refractivity contribution < 1.29 is 36.5 Å². The van der Waals surface area contributed by atoms with Gasteiger partial charge in [-0.2, -0.15) is 0 Å². The summed E-state index contributed by atoms with van der Waals surface area (Å²) in [4.78, 5) is 37.9. The van der Waals surface area contributed by atoms with Gasteiger partial charge in [-0.15, -0.1) is 0 Å².